The maximum atomic E-state index is 10.4. The smallest absolute Gasteiger partial charge is 0.106 e. The molecule has 1 saturated carbocycles. The van der Waals surface area contributed by atoms with Crippen molar-refractivity contribution in [3.63, 3.8) is 0 Å². The fraction of sp³-hybridized carbons (Fsp3) is 0.389. The van der Waals surface area contributed by atoms with Gasteiger partial charge in [0.1, 0.15) is 6.10 Å². The Labute approximate surface area is 130 Å². The van der Waals surface area contributed by atoms with E-state index in [0.29, 0.717) is 0 Å². The SMILES string of the molecule is O[C@H](c1ccccc1)c1ccc(SC2CCCCC2)nc1. The van der Waals surface area contributed by atoms with E-state index >= 15 is 0 Å². The minimum Gasteiger partial charge on any atom is -0.384 e. The van der Waals surface area contributed by atoms with Crippen molar-refractivity contribution in [2.45, 2.75) is 48.5 Å². The van der Waals surface area contributed by atoms with Crippen molar-refractivity contribution in [3.8, 4) is 0 Å². The molecule has 0 saturated heterocycles. The second-order valence-electron chi connectivity index (χ2n) is 5.62. The number of aromatic nitrogens is 1. The van der Waals surface area contributed by atoms with Crippen molar-refractivity contribution in [2.24, 2.45) is 0 Å². The average molecular weight is 299 g/mol. The zero-order valence-electron chi connectivity index (χ0n) is 12.1. The molecule has 110 valence electrons. The maximum absolute atomic E-state index is 10.4. The van der Waals surface area contributed by atoms with E-state index in [2.05, 4.69) is 4.98 Å². The van der Waals surface area contributed by atoms with Crippen LogP contribution in [0.1, 0.15) is 49.3 Å². The number of hydrogen-bond acceptors (Lipinski definition) is 3. The first-order valence-corrected chi connectivity index (χ1v) is 8.56. The summed E-state index contributed by atoms with van der Waals surface area (Å²) in [7, 11) is 0. The second kappa shape index (κ2) is 7.10. The summed E-state index contributed by atoms with van der Waals surface area (Å²) >= 11 is 1.89. The molecule has 0 amide bonds. The molecule has 3 rings (SSSR count). The Morgan fingerprint density at radius 3 is 2.38 bits per heavy atom. The van der Waals surface area contributed by atoms with Crippen LogP contribution in [0, 0.1) is 0 Å². The normalized spacial score (nSPS) is 17.6. The van der Waals surface area contributed by atoms with Gasteiger partial charge in [0, 0.05) is 17.0 Å². The molecule has 0 spiro atoms. The molecular formula is C18H21NOS. The lowest BCUT2D eigenvalue weighted by Gasteiger charge is -2.20. The van der Waals surface area contributed by atoms with Crippen molar-refractivity contribution < 1.29 is 5.11 Å². The molecule has 1 aromatic heterocycles. The van der Waals surface area contributed by atoms with E-state index < -0.39 is 6.10 Å². The first kappa shape index (κ1) is 14.6. The Balaban J connectivity index is 1.66. The van der Waals surface area contributed by atoms with Crippen LogP contribution in [0.3, 0.4) is 0 Å². The number of rotatable bonds is 4. The van der Waals surface area contributed by atoms with Gasteiger partial charge in [0.05, 0.1) is 5.03 Å². The number of aliphatic hydroxyl groups is 1. The fourth-order valence-electron chi connectivity index (χ4n) is 2.80. The number of hydrogen-bond donors (Lipinski definition) is 1. The summed E-state index contributed by atoms with van der Waals surface area (Å²) in [6, 6.07) is 13.8. The van der Waals surface area contributed by atoms with Crippen LogP contribution in [-0.4, -0.2) is 15.3 Å². The Kier molecular flexibility index (Phi) is 4.94. The van der Waals surface area contributed by atoms with Gasteiger partial charge in [-0.25, -0.2) is 4.98 Å². The highest BCUT2D eigenvalue weighted by atomic mass is 32.2. The third-order valence-corrected chi connectivity index (χ3v) is 5.32. The summed E-state index contributed by atoms with van der Waals surface area (Å²) in [6.45, 7) is 0. The number of nitrogens with zero attached hydrogens (tertiary/aromatic N) is 1. The number of aliphatic hydroxyl groups excluding tert-OH is 1. The number of thioether (sulfide) groups is 1. The highest BCUT2D eigenvalue weighted by Crippen LogP contribution is 2.33. The van der Waals surface area contributed by atoms with Crippen LogP contribution in [-0.2, 0) is 0 Å². The molecule has 1 aromatic carbocycles. The molecular weight excluding hydrogens is 278 g/mol. The summed E-state index contributed by atoms with van der Waals surface area (Å²) in [4.78, 5) is 4.52. The van der Waals surface area contributed by atoms with Gasteiger partial charge in [-0.15, -0.1) is 11.8 Å². The van der Waals surface area contributed by atoms with Crippen LogP contribution in [0.15, 0.2) is 53.7 Å². The fourth-order valence-corrected chi connectivity index (χ4v) is 3.98. The van der Waals surface area contributed by atoms with Crippen LogP contribution in [0.2, 0.25) is 0 Å². The Morgan fingerprint density at radius 1 is 0.952 bits per heavy atom. The molecule has 0 unspecified atom stereocenters. The average Bonchev–Trinajstić information content (AvgIpc) is 2.57. The van der Waals surface area contributed by atoms with Gasteiger partial charge in [0.2, 0.25) is 0 Å². The van der Waals surface area contributed by atoms with E-state index in [1.807, 2.05) is 60.4 Å². The van der Waals surface area contributed by atoms with Crippen LogP contribution >= 0.6 is 11.8 Å². The lowest BCUT2D eigenvalue weighted by atomic mass is 10.0. The molecule has 3 heteroatoms. The van der Waals surface area contributed by atoms with E-state index in [4.69, 9.17) is 0 Å². The molecule has 1 N–H and O–H groups in total. The van der Waals surface area contributed by atoms with Gasteiger partial charge in [-0.2, -0.15) is 0 Å². The molecule has 1 fully saturated rings. The van der Waals surface area contributed by atoms with Gasteiger partial charge in [-0.05, 0) is 24.5 Å². The third-order valence-electron chi connectivity index (χ3n) is 4.03. The van der Waals surface area contributed by atoms with Crippen molar-refractivity contribution >= 4 is 11.8 Å². The van der Waals surface area contributed by atoms with Gasteiger partial charge in [-0.3, -0.25) is 0 Å². The maximum Gasteiger partial charge on any atom is 0.106 e. The summed E-state index contributed by atoms with van der Waals surface area (Å²) in [5.74, 6) is 0. The molecule has 2 nitrogen and oxygen atoms in total. The minimum atomic E-state index is -0.590. The van der Waals surface area contributed by atoms with E-state index in [1.54, 1.807) is 0 Å². The van der Waals surface area contributed by atoms with Crippen LogP contribution in [0.25, 0.3) is 0 Å². The van der Waals surface area contributed by atoms with Gasteiger partial charge in [-0.1, -0.05) is 55.7 Å². The number of pyridine rings is 1. The topological polar surface area (TPSA) is 33.1 Å². The van der Waals surface area contributed by atoms with Crippen LogP contribution < -0.4 is 0 Å². The summed E-state index contributed by atoms with van der Waals surface area (Å²) in [5.41, 5.74) is 1.76. The quantitative estimate of drug-likeness (QED) is 0.896. The molecule has 2 aromatic rings. The predicted octanol–water partition coefficient (Wildman–Crippen LogP) is 4.59. The Hall–Kier alpha value is -1.32. The summed E-state index contributed by atoms with van der Waals surface area (Å²) < 4.78 is 0. The van der Waals surface area contributed by atoms with Crippen molar-refractivity contribution in [3.05, 3.63) is 59.8 Å². The van der Waals surface area contributed by atoms with Crippen molar-refractivity contribution in [1.29, 1.82) is 0 Å². The first-order valence-electron chi connectivity index (χ1n) is 7.68. The molecule has 21 heavy (non-hydrogen) atoms. The zero-order chi connectivity index (χ0) is 14.5. The van der Waals surface area contributed by atoms with E-state index in [1.165, 1.54) is 32.1 Å². The third kappa shape index (κ3) is 3.86. The molecule has 0 radical (unpaired) electrons. The van der Waals surface area contributed by atoms with Gasteiger partial charge in [0.25, 0.3) is 0 Å². The lowest BCUT2D eigenvalue weighted by Crippen LogP contribution is -2.08. The standard InChI is InChI=1S/C18H21NOS/c20-18(14-7-3-1-4-8-14)15-11-12-17(19-13-15)21-16-9-5-2-6-10-16/h1,3-4,7-8,11-13,16,18,20H,2,5-6,9-10H2/t18-/m1/s1. The first-order chi connectivity index (χ1) is 10.3. The molecule has 1 aliphatic rings. The van der Waals surface area contributed by atoms with Crippen molar-refractivity contribution in [1.82, 2.24) is 4.98 Å². The lowest BCUT2D eigenvalue weighted by molar-refractivity contribution is 0.219. The van der Waals surface area contributed by atoms with Crippen LogP contribution in [0.5, 0.6) is 0 Å². The van der Waals surface area contributed by atoms with E-state index in [9.17, 15) is 5.11 Å². The molecule has 1 aliphatic carbocycles. The Morgan fingerprint density at radius 2 is 1.71 bits per heavy atom. The summed E-state index contributed by atoms with van der Waals surface area (Å²) in [6.07, 6.45) is 7.91. The van der Waals surface area contributed by atoms with Gasteiger partial charge < -0.3 is 5.11 Å². The monoisotopic (exact) mass is 299 g/mol. The minimum absolute atomic E-state index is 0.590. The molecule has 0 aliphatic heterocycles. The second-order valence-corrected chi connectivity index (χ2v) is 6.94. The highest BCUT2D eigenvalue weighted by molar-refractivity contribution is 7.99. The van der Waals surface area contributed by atoms with Gasteiger partial charge >= 0.3 is 0 Å². The number of benzene rings is 1. The van der Waals surface area contributed by atoms with Gasteiger partial charge in [0.15, 0.2) is 0 Å². The van der Waals surface area contributed by atoms with Crippen LogP contribution in [0.4, 0.5) is 0 Å². The Bertz CT molecular complexity index is 549. The highest BCUT2D eigenvalue weighted by Gasteiger charge is 2.16. The predicted molar refractivity (Wildman–Crippen MR) is 87.5 cm³/mol. The van der Waals surface area contributed by atoms with Crippen molar-refractivity contribution in [2.75, 3.05) is 0 Å². The molecule has 1 atom stereocenters. The molecule has 0 bridgehead atoms. The zero-order valence-corrected chi connectivity index (χ0v) is 12.9. The summed E-state index contributed by atoms with van der Waals surface area (Å²) in [5, 5.41) is 12.2. The molecule has 1 heterocycles. The van der Waals surface area contributed by atoms with E-state index in [-0.39, 0.29) is 0 Å². The largest absolute Gasteiger partial charge is 0.384 e. The van der Waals surface area contributed by atoms with E-state index in [0.717, 1.165) is 21.4 Å².